The summed E-state index contributed by atoms with van der Waals surface area (Å²) in [6, 6.07) is 19.4. The van der Waals surface area contributed by atoms with Gasteiger partial charge in [-0.15, -0.1) is 0 Å². The molecule has 3 aliphatic carbocycles. The van der Waals surface area contributed by atoms with Gasteiger partial charge in [0, 0.05) is 22.0 Å². The minimum Gasteiger partial charge on any atom is -0.508 e. The van der Waals surface area contributed by atoms with Crippen molar-refractivity contribution in [3.8, 4) is 22.6 Å². The molecule has 0 fully saturated rings. The van der Waals surface area contributed by atoms with Crippen LogP contribution in [0.5, 0.6) is 11.5 Å². The van der Waals surface area contributed by atoms with E-state index < -0.39 is 45.6 Å². The van der Waals surface area contributed by atoms with E-state index >= 15 is 0 Å². The summed E-state index contributed by atoms with van der Waals surface area (Å²) in [6.07, 6.45) is 1.54. The minimum absolute atomic E-state index is 0.0216. The summed E-state index contributed by atoms with van der Waals surface area (Å²) < 4.78 is 11.2. The lowest BCUT2D eigenvalue weighted by Gasteiger charge is -2.60. The van der Waals surface area contributed by atoms with E-state index in [4.69, 9.17) is 15.2 Å². The first kappa shape index (κ1) is 31.9. The SMILES string of the molecule is Cc1ccc(-c2ccc3c(c2)OCO3)c2c1C(=O)C1=C(O)C3(O)C(=O)C(C(N)=O)=C(CCc4ccccc4)C(C(C)C)C3(C)CC1(C)C2. The van der Waals surface area contributed by atoms with Crippen molar-refractivity contribution in [1.29, 1.82) is 0 Å². The molecule has 248 valence electrons. The normalized spacial score (nSPS) is 27.6. The zero-order valence-corrected chi connectivity index (χ0v) is 28.0. The molecule has 0 radical (unpaired) electrons. The van der Waals surface area contributed by atoms with Crippen molar-refractivity contribution >= 4 is 17.5 Å². The summed E-state index contributed by atoms with van der Waals surface area (Å²) in [7, 11) is 0. The molecule has 1 amide bonds. The third kappa shape index (κ3) is 4.34. The molecule has 8 nitrogen and oxygen atoms in total. The smallest absolute Gasteiger partial charge is 0.252 e. The lowest BCUT2D eigenvalue weighted by Crippen LogP contribution is -2.67. The van der Waals surface area contributed by atoms with E-state index in [-0.39, 0.29) is 30.3 Å². The number of Topliss-reactive ketones (excluding diaryl/α,β-unsaturated/α-hetero) is 2. The van der Waals surface area contributed by atoms with E-state index in [0.717, 1.165) is 27.8 Å². The lowest BCUT2D eigenvalue weighted by atomic mass is 9.43. The van der Waals surface area contributed by atoms with E-state index in [2.05, 4.69) is 0 Å². The van der Waals surface area contributed by atoms with Crippen LogP contribution in [0.15, 0.2) is 83.1 Å². The number of ether oxygens (including phenoxy) is 2. The topological polar surface area (TPSA) is 136 Å². The number of hydrogen-bond acceptors (Lipinski definition) is 7. The Labute approximate surface area is 280 Å². The zero-order chi connectivity index (χ0) is 34.3. The van der Waals surface area contributed by atoms with Gasteiger partial charge in [-0.1, -0.05) is 76.2 Å². The predicted molar refractivity (Wildman–Crippen MR) is 181 cm³/mol. The predicted octanol–water partition coefficient (Wildman–Crippen LogP) is 6.36. The Hall–Kier alpha value is -4.69. The van der Waals surface area contributed by atoms with Crippen LogP contribution < -0.4 is 15.2 Å². The van der Waals surface area contributed by atoms with Crippen LogP contribution in [0.2, 0.25) is 0 Å². The second-order valence-electron chi connectivity index (χ2n) is 14.7. The number of carbonyl (C=O) groups excluding carboxylic acids is 3. The van der Waals surface area contributed by atoms with Crippen LogP contribution in [-0.2, 0) is 22.4 Å². The van der Waals surface area contributed by atoms with Crippen LogP contribution in [0.3, 0.4) is 0 Å². The van der Waals surface area contributed by atoms with E-state index in [1.807, 2.05) is 95.3 Å². The molecule has 4 unspecified atom stereocenters. The number of aliphatic hydroxyl groups is 2. The number of carbonyl (C=O) groups is 3. The highest BCUT2D eigenvalue weighted by Crippen LogP contribution is 2.65. The summed E-state index contributed by atoms with van der Waals surface area (Å²) in [6.45, 7) is 9.74. The van der Waals surface area contributed by atoms with Gasteiger partial charge in [0.05, 0.1) is 5.57 Å². The average Bonchev–Trinajstić information content (AvgIpc) is 3.50. The molecule has 4 atom stereocenters. The van der Waals surface area contributed by atoms with E-state index in [0.29, 0.717) is 41.9 Å². The molecule has 0 saturated carbocycles. The van der Waals surface area contributed by atoms with Gasteiger partial charge in [-0.25, -0.2) is 0 Å². The number of ketones is 2. The van der Waals surface area contributed by atoms with Crippen LogP contribution in [0.25, 0.3) is 11.1 Å². The molecule has 0 bridgehead atoms. The highest BCUT2D eigenvalue weighted by Gasteiger charge is 2.70. The third-order valence-corrected chi connectivity index (χ3v) is 11.4. The van der Waals surface area contributed by atoms with Gasteiger partial charge in [0.25, 0.3) is 5.91 Å². The summed E-state index contributed by atoms with van der Waals surface area (Å²) in [5.74, 6) is -2.34. The Balaban J connectivity index is 1.41. The van der Waals surface area contributed by atoms with Crippen molar-refractivity contribution in [3.05, 3.63) is 105 Å². The highest BCUT2D eigenvalue weighted by molar-refractivity contribution is 6.25. The molecule has 3 aromatic carbocycles. The third-order valence-electron chi connectivity index (χ3n) is 11.4. The number of rotatable bonds is 6. The van der Waals surface area contributed by atoms with Gasteiger partial charge in [-0.2, -0.15) is 0 Å². The Bertz CT molecular complexity index is 1970. The molecule has 0 saturated heterocycles. The maximum atomic E-state index is 14.7. The Kier molecular flexibility index (Phi) is 7.25. The average molecular weight is 648 g/mol. The number of primary amides is 1. The highest BCUT2D eigenvalue weighted by atomic mass is 16.7. The van der Waals surface area contributed by atoms with Crippen LogP contribution in [0.1, 0.15) is 67.6 Å². The quantitative estimate of drug-likeness (QED) is 0.265. The second-order valence-corrected chi connectivity index (χ2v) is 14.7. The molecule has 0 aromatic heterocycles. The first-order chi connectivity index (χ1) is 22.7. The van der Waals surface area contributed by atoms with Crippen molar-refractivity contribution in [2.75, 3.05) is 6.79 Å². The summed E-state index contributed by atoms with van der Waals surface area (Å²) in [5.41, 5.74) is 6.29. The van der Waals surface area contributed by atoms with Crippen molar-refractivity contribution in [2.45, 2.75) is 65.9 Å². The standard InChI is InChI=1S/C40H41NO7/c1-21(2)32-26(15-12-23-9-7-6-8-10-23)31(37(41)45)35(43)40(46)36(44)33-34(42)30-22(3)11-14-25(24-13-16-28-29(17-24)48-20-47-28)27(30)18-38(33,4)19-39(32,40)5/h6-11,13-14,16-17,21,32,44,46H,12,15,18-20H2,1-5H3,(H2,41,45). The largest absolute Gasteiger partial charge is 0.508 e. The van der Waals surface area contributed by atoms with E-state index in [9.17, 15) is 24.6 Å². The van der Waals surface area contributed by atoms with Crippen molar-refractivity contribution in [1.82, 2.24) is 0 Å². The maximum absolute atomic E-state index is 14.7. The minimum atomic E-state index is -2.52. The van der Waals surface area contributed by atoms with Crippen LogP contribution in [-0.4, -0.2) is 40.1 Å². The molecule has 0 spiro atoms. The number of nitrogens with two attached hydrogens (primary N) is 1. The fourth-order valence-corrected chi connectivity index (χ4v) is 9.59. The number of aliphatic hydroxyl groups excluding tert-OH is 1. The van der Waals surface area contributed by atoms with Gasteiger partial charge in [-0.05, 0) is 90.0 Å². The first-order valence-electron chi connectivity index (χ1n) is 16.6. The van der Waals surface area contributed by atoms with Gasteiger partial charge < -0.3 is 25.4 Å². The van der Waals surface area contributed by atoms with Crippen molar-refractivity contribution in [3.63, 3.8) is 0 Å². The monoisotopic (exact) mass is 647 g/mol. The Morgan fingerprint density at radius 2 is 1.71 bits per heavy atom. The Morgan fingerprint density at radius 1 is 1.00 bits per heavy atom. The molecule has 4 aliphatic rings. The molecular weight excluding hydrogens is 606 g/mol. The fraction of sp³-hybridized carbons (Fsp3) is 0.375. The van der Waals surface area contributed by atoms with E-state index in [1.165, 1.54) is 0 Å². The second kappa shape index (κ2) is 10.9. The van der Waals surface area contributed by atoms with Crippen LogP contribution >= 0.6 is 0 Å². The summed E-state index contributed by atoms with van der Waals surface area (Å²) in [4.78, 5) is 42.3. The number of fused-ring (bicyclic) bond motifs is 4. The van der Waals surface area contributed by atoms with Gasteiger partial charge >= 0.3 is 0 Å². The van der Waals surface area contributed by atoms with Gasteiger partial charge in [0.15, 0.2) is 22.9 Å². The van der Waals surface area contributed by atoms with E-state index in [1.54, 1.807) is 0 Å². The molecule has 8 heteroatoms. The lowest BCUT2D eigenvalue weighted by molar-refractivity contribution is -0.168. The van der Waals surface area contributed by atoms with Gasteiger partial charge in [0.1, 0.15) is 5.76 Å². The fourth-order valence-electron chi connectivity index (χ4n) is 9.59. The molecule has 1 heterocycles. The maximum Gasteiger partial charge on any atom is 0.252 e. The molecule has 48 heavy (non-hydrogen) atoms. The van der Waals surface area contributed by atoms with Gasteiger partial charge in [0.2, 0.25) is 12.6 Å². The number of aryl methyl sites for hydroxylation is 2. The van der Waals surface area contributed by atoms with Crippen LogP contribution in [0, 0.1) is 29.6 Å². The number of hydrogen-bond donors (Lipinski definition) is 3. The number of amides is 1. The van der Waals surface area contributed by atoms with Crippen molar-refractivity contribution in [2.24, 2.45) is 28.4 Å². The Morgan fingerprint density at radius 3 is 2.40 bits per heavy atom. The zero-order valence-electron chi connectivity index (χ0n) is 28.0. The molecular formula is C40H41NO7. The molecule has 1 aliphatic heterocycles. The number of allylic oxidation sites excluding steroid dienone is 2. The van der Waals surface area contributed by atoms with Gasteiger partial charge in [-0.3, -0.25) is 14.4 Å². The first-order valence-corrected chi connectivity index (χ1v) is 16.6. The van der Waals surface area contributed by atoms with Crippen molar-refractivity contribution < 1.29 is 34.1 Å². The molecule has 3 aromatic rings. The molecule has 7 rings (SSSR count). The number of benzene rings is 3. The summed E-state index contributed by atoms with van der Waals surface area (Å²) >= 11 is 0. The summed E-state index contributed by atoms with van der Waals surface area (Å²) in [5, 5.41) is 24.9. The molecule has 4 N–H and O–H groups in total. The van der Waals surface area contributed by atoms with Crippen LogP contribution in [0.4, 0.5) is 0 Å².